The summed E-state index contributed by atoms with van der Waals surface area (Å²) in [5.41, 5.74) is 0.643. The lowest BCUT2D eigenvalue weighted by Gasteiger charge is -2.26. The zero-order valence-electron chi connectivity index (χ0n) is 10.8. The highest BCUT2D eigenvalue weighted by molar-refractivity contribution is 5.78. The van der Waals surface area contributed by atoms with Crippen LogP contribution in [0.2, 0.25) is 0 Å². The number of fused-ring (bicyclic) bond motifs is 1. The van der Waals surface area contributed by atoms with Gasteiger partial charge < -0.3 is 9.67 Å². The number of halogens is 3. The van der Waals surface area contributed by atoms with Crippen molar-refractivity contribution < 1.29 is 18.3 Å². The van der Waals surface area contributed by atoms with Crippen LogP contribution in [0.3, 0.4) is 0 Å². The molecule has 0 saturated heterocycles. The Balaban J connectivity index is 2.21. The Hall–Kier alpha value is -1.72. The number of hydrogen-bond donors (Lipinski definition) is 1. The van der Waals surface area contributed by atoms with E-state index in [1.807, 2.05) is 0 Å². The first-order valence-corrected chi connectivity index (χ1v) is 6.75. The summed E-state index contributed by atoms with van der Waals surface area (Å²) in [7, 11) is 0. The quantitative estimate of drug-likeness (QED) is 0.849. The van der Waals surface area contributed by atoms with Crippen LogP contribution < -0.4 is 0 Å². The van der Waals surface area contributed by atoms with Crippen molar-refractivity contribution >= 4 is 11.0 Å². The van der Waals surface area contributed by atoms with Gasteiger partial charge in [-0.25, -0.2) is 4.98 Å². The molecule has 0 spiro atoms. The fourth-order valence-electron chi connectivity index (χ4n) is 2.99. The van der Waals surface area contributed by atoms with E-state index in [0.717, 1.165) is 32.1 Å². The second kappa shape index (κ2) is 4.68. The van der Waals surface area contributed by atoms with Gasteiger partial charge in [0.15, 0.2) is 0 Å². The number of alkyl halides is 3. The van der Waals surface area contributed by atoms with Crippen LogP contribution in [0.5, 0.6) is 5.75 Å². The number of nitrogens with zero attached hydrogens (tertiary/aromatic N) is 2. The van der Waals surface area contributed by atoms with Gasteiger partial charge in [-0.15, -0.1) is 0 Å². The van der Waals surface area contributed by atoms with Crippen molar-refractivity contribution in [3.63, 3.8) is 0 Å². The van der Waals surface area contributed by atoms with Gasteiger partial charge >= 0.3 is 6.18 Å². The highest BCUT2D eigenvalue weighted by Crippen LogP contribution is 2.38. The van der Waals surface area contributed by atoms with Gasteiger partial charge in [0, 0.05) is 12.1 Å². The normalized spacial score (nSPS) is 17.8. The molecule has 1 saturated carbocycles. The molecule has 108 valence electrons. The number of phenolic OH excluding ortho intramolecular Hbond substituents is 1. The molecule has 0 atom stereocenters. The first-order valence-electron chi connectivity index (χ1n) is 6.75. The predicted molar refractivity (Wildman–Crippen MR) is 68.5 cm³/mol. The Morgan fingerprint density at radius 3 is 2.50 bits per heavy atom. The SMILES string of the molecule is Oc1ccc2nc(C(F)(F)F)n(C3CCCCC3)c2c1. The van der Waals surface area contributed by atoms with E-state index in [1.165, 1.54) is 22.8 Å². The zero-order chi connectivity index (χ0) is 14.3. The lowest BCUT2D eigenvalue weighted by molar-refractivity contribution is -0.147. The van der Waals surface area contributed by atoms with Gasteiger partial charge in [-0.2, -0.15) is 13.2 Å². The van der Waals surface area contributed by atoms with Gasteiger partial charge in [0.25, 0.3) is 0 Å². The summed E-state index contributed by atoms with van der Waals surface area (Å²) in [6.07, 6.45) is -0.100. The molecular weight excluding hydrogens is 269 g/mol. The van der Waals surface area contributed by atoms with Gasteiger partial charge in [-0.1, -0.05) is 19.3 Å². The number of hydrogen-bond acceptors (Lipinski definition) is 2. The van der Waals surface area contributed by atoms with Gasteiger partial charge in [-0.05, 0) is 25.0 Å². The average molecular weight is 284 g/mol. The standard InChI is InChI=1S/C14H15F3N2O/c15-14(16,17)13-18-11-7-6-10(20)8-12(11)19(13)9-4-2-1-3-5-9/h6-9,20H,1-5H2. The summed E-state index contributed by atoms with van der Waals surface area (Å²) in [4.78, 5) is 3.73. The van der Waals surface area contributed by atoms with Gasteiger partial charge in [-0.3, -0.25) is 0 Å². The minimum atomic E-state index is -4.48. The molecule has 0 radical (unpaired) electrons. The topological polar surface area (TPSA) is 38.1 Å². The van der Waals surface area contributed by atoms with E-state index < -0.39 is 12.0 Å². The Morgan fingerprint density at radius 1 is 1.15 bits per heavy atom. The molecule has 3 nitrogen and oxygen atoms in total. The van der Waals surface area contributed by atoms with Crippen LogP contribution in [0, 0.1) is 0 Å². The molecule has 1 aromatic carbocycles. The number of aromatic hydroxyl groups is 1. The van der Waals surface area contributed by atoms with Gasteiger partial charge in [0.1, 0.15) is 5.75 Å². The van der Waals surface area contributed by atoms with Crippen LogP contribution in [-0.4, -0.2) is 14.7 Å². The maximum absolute atomic E-state index is 13.2. The van der Waals surface area contributed by atoms with E-state index in [9.17, 15) is 18.3 Å². The first kappa shape index (κ1) is 13.3. The summed E-state index contributed by atoms with van der Waals surface area (Å²) < 4.78 is 40.9. The summed E-state index contributed by atoms with van der Waals surface area (Å²) in [6, 6.07) is 3.97. The monoisotopic (exact) mass is 284 g/mol. The van der Waals surface area contributed by atoms with Crippen molar-refractivity contribution in [2.75, 3.05) is 0 Å². The summed E-state index contributed by atoms with van der Waals surface area (Å²) in [6.45, 7) is 0. The van der Waals surface area contributed by atoms with Crippen LogP contribution >= 0.6 is 0 Å². The van der Waals surface area contributed by atoms with Crippen molar-refractivity contribution in [1.82, 2.24) is 9.55 Å². The fraction of sp³-hybridized carbons (Fsp3) is 0.500. The highest BCUT2D eigenvalue weighted by atomic mass is 19.4. The molecule has 1 aromatic heterocycles. The minimum Gasteiger partial charge on any atom is -0.508 e. The number of phenols is 1. The molecule has 0 aliphatic heterocycles. The number of benzene rings is 1. The van der Waals surface area contributed by atoms with E-state index in [0.29, 0.717) is 5.52 Å². The average Bonchev–Trinajstić information content (AvgIpc) is 2.78. The Morgan fingerprint density at radius 2 is 1.85 bits per heavy atom. The highest BCUT2D eigenvalue weighted by Gasteiger charge is 2.39. The Labute approximate surface area is 114 Å². The molecule has 2 aromatic rings. The Bertz CT molecular complexity index is 627. The predicted octanol–water partition coefficient (Wildman–Crippen LogP) is 4.27. The maximum atomic E-state index is 13.2. The lowest BCUT2D eigenvalue weighted by Crippen LogP contribution is -2.21. The fourth-order valence-corrected chi connectivity index (χ4v) is 2.99. The van der Waals surface area contributed by atoms with E-state index in [1.54, 1.807) is 0 Å². The van der Waals surface area contributed by atoms with Gasteiger partial charge in [0.05, 0.1) is 11.0 Å². The van der Waals surface area contributed by atoms with E-state index in [-0.39, 0.29) is 17.3 Å². The third kappa shape index (κ3) is 2.23. The van der Waals surface area contributed by atoms with Crippen molar-refractivity contribution in [1.29, 1.82) is 0 Å². The molecular formula is C14H15F3N2O. The molecule has 0 amide bonds. The van der Waals surface area contributed by atoms with Crippen LogP contribution in [0.1, 0.15) is 44.0 Å². The molecule has 0 bridgehead atoms. The largest absolute Gasteiger partial charge is 0.508 e. The second-order valence-electron chi connectivity index (χ2n) is 5.27. The lowest BCUT2D eigenvalue weighted by atomic mass is 9.95. The van der Waals surface area contributed by atoms with Crippen LogP contribution in [0.4, 0.5) is 13.2 Å². The smallest absolute Gasteiger partial charge is 0.449 e. The molecule has 3 rings (SSSR count). The number of aromatic nitrogens is 2. The van der Waals surface area contributed by atoms with E-state index in [4.69, 9.17) is 0 Å². The molecule has 1 N–H and O–H groups in total. The molecule has 1 fully saturated rings. The number of imidazole rings is 1. The summed E-state index contributed by atoms with van der Waals surface area (Å²) >= 11 is 0. The van der Waals surface area contributed by atoms with Crippen LogP contribution in [0.15, 0.2) is 18.2 Å². The minimum absolute atomic E-state index is 0.0387. The van der Waals surface area contributed by atoms with Crippen molar-refractivity contribution in [3.05, 3.63) is 24.0 Å². The summed E-state index contributed by atoms with van der Waals surface area (Å²) in [5.74, 6) is -0.895. The molecule has 20 heavy (non-hydrogen) atoms. The third-order valence-electron chi connectivity index (χ3n) is 3.87. The van der Waals surface area contributed by atoms with Crippen LogP contribution in [-0.2, 0) is 6.18 Å². The molecule has 0 unspecified atom stereocenters. The van der Waals surface area contributed by atoms with Crippen molar-refractivity contribution in [2.24, 2.45) is 0 Å². The molecule has 1 heterocycles. The molecule has 1 aliphatic carbocycles. The van der Waals surface area contributed by atoms with E-state index >= 15 is 0 Å². The summed E-state index contributed by atoms with van der Waals surface area (Å²) in [5, 5.41) is 9.54. The molecule has 1 aliphatic rings. The molecule has 6 heteroatoms. The first-order chi connectivity index (χ1) is 9.47. The second-order valence-corrected chi connectivity index (χ2v) is 5.27. The van der Waals surface area contributed by atoms with Crippen molar-refractivity contribution in [3.8, 4) is 5.75 Å². The third-order valence-corrected chi connectivity index (χ3v) is 3.87. The Kier molecular flexibility index (Phi) is 3.11. The van der Waals surface area contributed by atoms with E-state index in [2.05, 4.69) is 4.98 Å². The number of rotatable bonds is 1. The van der Waals surface area contributed by atoms with Crippen LogP contribution in [0.25, 0.3) is 11.0 Å². The zero-order valence-corrected chi connectivity index (χ0v) is 10.8. The van der Waals surface area contributed by atoms with Crippen molar-refractivity contribution in [2.45, 2.75) is 44.3 Å². The van der Waals surface area contributed by atoms with Gasteiger partial charge in [0.2, 0.25) is 5.82 Å². The maximum Gasteiger partial charge on any atom is 0.449 e.